The molecule has 0 radical (unpaired) electrons. The third-order valence-electron chi connectivity index (χ3n) is 4.73. The molecule has 0 saturated carbocycles. The van der Waals surface area contributed by atoms with Crippen LogP contribution >= 0.6 is 0 Å². The van der Waals surface area contributed by atoms with Crippen LogP contribution in [0.1, 0.15) is 23.2 Å². The molecule has 1 atom stereocenters. The van der Waals surface area contributed by atoms with E-state index in [0.717, 1.165) is 38.1 Å². The number of oxazole rings is 1. The van der Waals surface area contributed by atoms with Gasteiger partial charge in [0.25, 0.3) is 5.91 Å². The van der Waals surface area contributed by atoms with Crippen molar-refractivity contribution in [1.82, 2.24) is 15.6 Å². The molecule has 2 heterocycles. The number of nitrogens with zero attached hydrogens (tertiary/aromatic N) is 1. The molecule has 1 fully saturated rings. The Hall–Kier alpha value is -3.26. The lowest BCUT2D eigenvalue weighted by Gasteiger charge is -2.23. The van der Waals surface area contributed by atoms with Crippen LogP contribution in [0.15, 0.2) is 53.1 Å². The van der Waals surface area contributed by atoms with Crippen LogP contribution in [-0.2, 0) is 0 Å². The van der Waals surface area contributed by atoms with Gasteiger partial charge in [-0.3, -0.25) is 4.79 Å². The maximum absolute atomic E-state index is 13.9. The number of carbonyl (C=O) groups is 1. The molecule has 0 unspecified atom stereocenters. The first-order chi connectivity index (χ1) is 14.1. The second-order valence-corrected chi connectivity index (χ2v) is 6.85. The minimum Gasteiger partial charge on any atom is -0.420 e. The standard InChI is InChI=1S/C21H20F2N4O2/c22-16-4-1-5-17(23)19(16)21-25-12-18(29-21)26-14-8-6-13(7-9-14)20(28)27-15-3-2-10-24-11-15/h1,4-9,12,15,24,26H,2-3,10-11H2,(H,27,28)/t15-/m0/s1. The Labute approximate surface area is 166 Å². The number of anilines is 2. The molecule has 1 aliphatic heterocycles. The van der Waals surface area contributed by atoms with Gasteiger partial charge in [0, 0.05) is 23.8 Å². The van der Waals surface area contributed by atoms with Crippen LogP contribution in [0.5, 0.6) is 0 Å². The summed E-state index contributed by atoms with van der Waals surface area (Å²) < 4.78 is 33.1. The van der Waals surface area contributed by atoms with Crippen molar-refractivity contribution >= 4 is 17.5 Å². The van der Waals surface area contributed by atoms with E-state index in [4.69, 9.17) is 4.42 Å². The summed E-state index contributed by atoms with van der Waals surface area (Å²) in [6, 6.07) is 10.5. The van der Waals surface area contributed by atoms with Crippen molar-refractivity contribution < 1.29 is 18.0 Å². The lowest BCUT2D eigenvalue weighted by atomic mass is 10.1. The van der Waals surface area contributed by atoms with Crippen molar-refractivity contribution in [3.8, 4) is 11.5 Å². The molecule has 1 amide bonds. The molecule has 2 aromatic carbocycles. The van der Waals surface area contributed by atoms with E-state index in [0.29, 0.717) is 11.3 Å². The predicted molar refractivity (Wildman–Crippen MR) is 105 cm³/mol. The third kappa shape index (κ3) is 4.43. The zero-order chi connectivity index (χ0) is 20.2. The quantitative estimate of drug-likeness (QED) is 0.609. The number of amides is 1. The van der Waals surface area contributed by atoms with E-state index in [-0.39, 0.29) is 29.3 Å². The SMILES string of the molecule is O=C(N[C@H]1CCCNC1)c1ccc(Nc2cnc(-c3c(F)cccc3F)o2)cc1. The number of carbonyl (C=O) groups excluding carboxylic acids is 1. The van der Waals surface area contributed by atoms with Gasteiger partial charge in [0.1, 0.15) is 17.2 Å². The van der Waals surface area contributed by atoms with Crippen molar-refractivity contribution in [1.29, 1.82) is 0 Å². The number of hydrogen-bond donors (Lipinski definition) is 3. The number of aromatic nitrogens is 1. The fourth-order valence-electron chi connectivity index (χ4n) is 3.24. The molecule has 29 heavy (non-hydrogen) atoms. The van der Waals surface area contributed by atoms with Gasteiger partial charge in [-0.25, -0.2) is 13.8 Å². The highest BCUT2D eigenvalue weighted by Crippen LogP contribution is 2.28. The maximum atomic E-state index is 13.9. The number of hydrogen-bond acceptors (Lipinski definition) is 5. The second kappa shape index (κ2) is 8.40. The van der Waals surface area contributed by atoms with Gasteiger partial charge in [-0.2, -0.15) is 0 Å². The van der Waals surface area contributed by atoms with Crippen LogP contribution < -0.4 is 16.0 Å². The molecular formula is C21H20F2N4O2. The number of rotatable bonds is 5. The molecule has 0 aliphatic carbocycles. The molecule has 4 rings (SSSR count). The summed E-state index contributed by atoms with van der Waals surface area (Å²) in [6.45, 7) is 1.77. The van der Waals surface area contributed by atoms with Crippen molar-refractivity contribution in [3.63, 3.8) is 0 Å². The van der Waals surface area contributed by atoms with Crippen LogP contribution in [0.2, 0.25) is 0 Å². The summed E-state index contributed by atoms with van der Waals surface area (Å²) >= 11 is 0. The molecule has 0 bridgehead atoms. The first kappa shape index (κ1) is 19.1. The van der Waals surface area contributed by atoms with Crippen molar-refractivity contribution in [2.24, 2.45) is 0 Å². The number of halogens is 2. The highest BCUT2D eigenvalue weighted by atomic mass is 19.1. The topological polar surface area (TPSA) is 79.2 Å². The molecule has 1 aliphatic rings. The van der Waals surface area contributed by atoms with Crippen LogP contribution in [0.25, 0.3) is 11.5 Å². The average Bonchev–Trinajstić information content (AvgIpc) is 3.17. The van der Waals surface area contributed by atoms with Gasteiger partial charge in [-0.15, -0.1) is 0 Å². The first-order valence-corrected chi connectivity index (χ1v) is 9.39. The van der Waals surface area contributed by atoms with E-state index >= 15 is 0 Å². The average molecular weight is 398 g/mol. The van der Waals surface area contributed by atoms with Crippen LogP contribution in [0.3, 0.4) is 0 Å². The minimum atomic E-state index is -0.748. The smallest absolute Gasteiger partial charge is 0.251 e. The Bertz CT molecular complexity index is 978. The Balaban J connectivity index is 1.41. The molecule has 0 spiro atoms. The van der Waals surface area contributed by atoms with E-state index < -0.39 is 11.6 Å². The summed E-state index contributed by atoms with van der Waals surface area (Å²) in [7, 11) is 0. The van der Waals surface area contributed by atoms with Gasteiger partial charge in [-0.1, -0.05) is 6.07 Å². The number of piperidine rings is 1. The van der Waals surface area contributed by atoms with E-state index in [1.165, 1.54) is 12.3 Å². The first-order valence-electron chi connectivity index (χ1n) is 9.39. The van der Waals surface area contributed by atoms with Gasteiger partial charge in [0.15, 0.2) is 0 Å². The molecule has 1 aromatic heterocycles. The Morgan fingerprint density at radius 1 is 1.14 bits per heavy atom. The summed E-state index contributed by atoms with van der Waals surface area (Å²) in [6.07, 6.45) is 3.36. The fraction of sp³-hybridized carbons (Fsp3) is 0.238. The van der Waals surface area contributed by atoms with Gasteiger partial charge in [-0.05, 0) is 55.8 Å². The molecule has 1 saturated heterocycles. The summed E-state index contributed by atoms with van der Waals surface area (Å²) in [5.74, 6) is -1.54. The van der Waals surface area contributed by atoms with E-state index in [9.17, 15) is 13.6 Å². The minimum absolute atomic E-state index is 0.123. The molecule has 150 valence electrons. The lowest BCUT2D eigenvalue weighted by Crippen LogP contribution is -2.45. The predicted octanol–water partition coefficient (Wildman–Crippen LogP) is 3.85. The highest BCUT2D eigenvalue weighted by molar-refractivity contribution is 5.94. The van der Waals surface area contributed by atoms with Gasteiger partial charge >= 0.3 is 0 Å². The summed E-state index contributed by atoms with van der Waals surface area (Å²) in [4.78, 5) is 16.3. The van der Waals surface area contributed by atoms with Gasteiger partial charge in [0.05, 0.1) is 6.20 Å². The largest absolute Gasteiger partial charge is 0.420 e. The van der Waals surface area contributed by atoms with E-state index in [1.54, 1.807) is 24.3 Å². The molecule has 6 nitrogen and oxygen atoms in total. The number of nitrogens with one attached hydrogen (secondary N) is 3. The Kier molecular flexibility index (Phi) is 5.53. The van der Waals surface area contributed by atoms with Gasteiger partial charge < -0.3 is 20.4 Å². The van der Waals surface area contributed by atoms with Crippen molar-refractivity contribution in [2.45, 2.75) is 18.9 Å². The summed E-state index contributed by atoms with van der Waals surface area (Å²) in [5, 5.41) is 9.24. The van der Waals surface area contributed by atoms with Crippen LogP contribution in [-0.4, -0.2) is 30.0 Å². The molecule has 3 aromatic rings. The fourth-order valence-corrected chi connectivity index (χ4v) is 3.24. The van der Waals surface area contributed by atoms with Crippen LogP contribution in [0.4, 0.5) is 20.4 Å². The lowest BCUT2D eigenvalue weighted by molar-refractivity contribution is 0.0930. The van der Waals surface area contributed by atoms with E-state index in [1.807, 2.05) is 0 Å². The third-order valence-corrected chi connectivity index (χ3v) is 4.73. The molecule has 8 heteroatoms. The normalized spacial score (nSPS) is 16.4. The second-order valence-electron chi connectivity index (χ2n) is 6.85. The summed E-state index contributed by atoms with van der Waals surface area (Å²) in [5.41, 5.74) is 0.884. The maximum Gasteiger partial charge on any atom is 0.251 e. The zero-order valence-electron chi connectivity index (χ0n) is 15.5. The van der Waals surface area contributed by atoms with Crippen molar-refractivity contribution in [3.05, 3.63) is 65.9 Å². The molecule has 3 N–H and O–H groups in total. The molecular weight excluding hydrogens is 378 g/mol. The number of benzene rings is 2. The van der Waals surface area contributed by atoms with Crippen LogP contribution in [0, 0.1) is 11.6 Å². The Morgan fingerprint density at radius 3 is 2.59 bits per heavy atom. The van der Waals surface area contributed by atoms with Gasteiger partial charge in [0.2, 0.25) is 11.8 Å². The monoisotopic (exact) mass is 398 g/mol. The zero-order valence-corrected chi connectivity index (χ0v) is 15.5. The van der Waals surface area contributed by atoms with E-state index in [2.05, 4.69) is 20.9 Å². The van der Waals surface area contributed by atoms with Crippen molar-refractivity contribution in [2.75, 3.05) is 18.4 Å². The highest BCUT2D eigenvalue weighted by Gasteiger charge is 2.18. The Morgan fingerprint density at radius 2 is 1.90 bits per heavy atom.